The van der Waals surface area contributed by atoms with Crippen LogP contribution in [-0.4, -0.2) is 18.1 Å². The zero-order valence-electron chi connectivity index (χ0n) is 9.98. The van der Waals surface area contributed by atoms with Crippen LogP contribution in [0, 0.1) is 0 Å². The van der Waals surface area contributed by atoms with Gasteiger partial charge in [-0.15, -0.1) is 0 Å². The molecule has 0 aliphatic carbocycles. The van der Waals surface area contributed by atoms with E-state index in [2.05, 4.69) is 12.2 Å². The van der Waals surface area contributed by atoms with Gasteiger partial charge in [-0.1, -0.05) is 18.5 Å². The number of anilines is 1. The summed E-state index contributed by atoms with van der Waals surface area (Å²) in [5, 5.41) is 3.14. The second kappa shape index (κ2) is 7.14. The molecule has 0 aromatic heterocycles. The third-order valence-electron chi connectivity index (χ3n) is 2.28. The first kappa shape index (κ1) is 15.5. The van der Waals surface area contributed by atoms with E-state index in [1.807, 2.05) is 11.8 Å². The molecule has 0 amide bonds. The van der Waals surface area contributed by atoms with Gasteiger partial charge in [0.2, 0.25) is 0 Å². The predicted octanol–water partition coefficient (Wildman–Crippen LogP) is 4.91. The highest BCUT2D eigenvalue weighted by Gasteiger charge is 2.30. The molecule has 0 aliphatic heterocycles. The molecule has 0 saturated carbocycles. The lowest BCUT2D eigenvalue weighted by atomic mass is 10.2. The lowest BCUT2D eigenvalue weighted by Gasteiger charge is -2.11. The highest BCUT2D eigenvalue weighted by molar-refractivity contribution is 7.99. The van der Waals surface area contributed by atoms with Crippen molar-refractivity contribution in [3.63, 3.8) is 0 Å². The Morgan fingerprint density at radius 1 is 1.33 bits per heavy atom. The van der Waals surface area contributed by atoms with Crippen molar-refractivity contribution in [2.24, 2.45) is 0 Å². The van der Waals surface area contributed by atoms with E-state index >= 15 is 0 Å². The Morgan fingerprint density at radius 2 is 2.06 bits per heavy atom. The minimum absolute atomic E-state index is 0.105. The van der Waals surface area contributed by atoms with Crippen LogP contribution < -0.4 is 5.32 Å². The molecule has 0 fully saturated rings. The average Bonchev–Trinajstić information content (AvgIpc) is 2.29. The highest BCUT2D eigenvalue weighted by Crippen LogP contribution is 2.33. The number of rotatable bonds is 6. The van der Waals surface area contributed by atoms with Crippen molar-refractivity contribution in [1.29, 1.82) is 0 Å². The normalized spacial score (nSPS) is 11.6. The Morgan fingerprint density at radius 3 is 2.61 bits per heavy atom. The van der Waals surface area contributed by atoms with E-state index in [0.717, 1.165) is 30.1 Å². The summed E-state index contributed by atoms with van der Waals surface area (Å²) in [6.45, 7) is 2.79. The number of halogens is 4. The van der Waals surface area contributed by atoms with Gasteiger partial charge < -0.3 is 5.32 Å². The molecular weight excluding hydrogens is 283 g/mol. The topological polar surface area (TPSA) is 12.0 Å². The van der Waals surface area contributed by atoms with E-state index < -0.39 is 11.7 Å². The fourth-order valence-corrected chi connectivity index (χ4v) is 2.26. The molecule has 0 atom stereocenters. The Bertz CT molecular complexity index is 382. The van der Waals surface area contributed by atoms with Crippen molar-refractivity contribution >= 4 is 29.1 Å². The van der Waals surface area contributed by atoms with Gasteiger partial charge in [-0.25, -0.2) is 0 Å². The molecular formula is C12H15ClF3NS. The summed E-state index contributed by atoms with van der Waals surface area (Å²) in [6.07, 6.45) is -3.39. The molecule has 1 rings (SSSR count). The fraction of sp³-hybridized carbons (Fsp3) is 0.500. The highest BCUT2D eigenvalue weighted by atomic mass is 35.5. The number of hydrogen-bond acceptors (Lipinski definition) is 2. The molecule has 1 aromatic rings. The van der Waals surface area contributed by atoms with Crippen LogP contribution >= 0.6 is 23.4 Å². The van der Waals surface area contributed by atoms with Crippen molar-refractivity contribution in [3.05, 3.63) is 28.8 Å². The third kappa shape index (κ3) is 4.98. The molecule has 0 radical (unpaired) electrons. The van der Waals surface area contributed by atoms with E-state index in [1.54, 1.807) is 0 Å². The Labute approximate surface area is 114 Å². The summed E-state index contributed by atoms with van der Waals surface area (Å²) in [6, 6.07) is 3.36. The zero-order valence-corrected chi connectivity index (χ0v) is 11.6. The number of benzene rings is 1. The molecule has 0 aliphatic rings. The van der Waals surface area contributed by atoms with Crippen LogP contribution in [-0.2, 0) is 6.18 Å². The maximum atomic E-state index is 12.4. The van der Waals surface area contributed by atoms with Gasteiger partial charge in [-0.3, -0.25) is 0 Å². The van der Waals surface area contributed by atoms with Gasteiger partial charge in [0.05, 0.1) is 16.3 Å². The molecule has 1 N–H and O–H groups in total. The molecule has 0 unspecified atom stereocenters. The fourth-order valence-electron chi connectivity index (χ4n) is 1.38. The first-order valence-electron chi connectivity index (χ1n) is 5.63. The number of nitrogens with one attached hydrogen (secondary N) is 1. The van der Waals surface area contributed by atoms with Gasteiger partial charge in [-0.2, -0.15) is 24.9 Å². The molecule has 1 aromatic carbocycles. The van der Waals surface area contributed by atoms with Crippen LogP contribution in [0.3, 0.4) is 0 Å². The molecule has 1 nitrogen and oxygen atoms in total. The largest absolute Gasteiger partial charge is 0.416 e. The average molecular weight is 298 g/mol. The van der Waals surface area contributed by atoms with Crippen molar-refractivity contribution in [2.75, 3.05) is 23.4 Å². The van der Waals surface area contributed by atoms with Crippen molar-refractivity contribution in [3.8, 4) is 0 Å². The van der Waals surface area contributed by atoms with Crippen molar-refractivity contribution < 1.29 is 13.2 Å². The van der Waals surface area contributed by atoms with Gasteiger partial charge in [-0.05, 0) is 36.1 Å². The summed E-state index contributed by atoms with van der Waals surface area (Å²) in [7, 11) is 0. The van der Waals surface area contributed by atoms with Crippen molar-refractivity contribution in [1.82, 2.24) is 0 Å². The second-order valence-electron chi connectivity index (χ2n) is 3.67. The van der Waals surface area contributed by atoms with E-state index in [-0.39, 0.29) is 5.02 Å². The summed E-state index contributed by atoms with van der Waals surface area (Å²) >= 11 is 7.64. The zero-order chi connectivity index (χ0) is 13.6. The van der Waals surface area contributed by atoms with Crippen LogP contribution in [0.5, 0.6) is 0 Å². The second-order valence-corrected chi connectivity index (χ2v) is 5.47. The van der Waals surface area contributed by atoms with Crippen LogP contribution in [0.15, 0.2) is 18.2 Å². The number of alkyl halides is 3. The van der Waals surface area contributed by atoms with E-state index in [9.17, 15) is 13.2 Å². The lowest BCUT2D eigenvalue weighted by Crippen LogP contribution is -2.07. The van der Waals surface area contributed by atoms with Gasteiger partial charge in [0.15, 0.2) is 0 Å². The summed E-state index contributed by atoms with van der Waals surface area (Å²) < 4.78 is 37.2. The van der Waals surface area contributed by atoms with Gasteiger partial charge >= 0.3 is 6.18 Å². The summed E-state index contributed by atoms with van der Waals surface area (Å²) in [5.41, 5.74) is -0.175. The Kier molecular flexibility index (Phi) is 6.15. The molecule has 6 heteroatoms. The quantitative estimate of drug-likeness (QED) is 0.748. The summed E-state index contributed by atoms with van der Waals surface area (Å²) in [5.74, 6) is 2.10. The van der Waals surface area contributed by atoms with Gasteiger partial charge in [0, 0.05) is 6.54 Å². The van der Waals surface area contributed by atoms with Crippen LogP contribution in [0.2, 0.25) is 5.02 Å². The Balaban J connectivity index is 2.53. The minimum atomic E-state index is -4.35. The maximum absolute atomic E-state index is 12.4. The maximum Gasteiger partial charge on any atom is 0.416 e. The molecule has 102 valence electrons. The third-order valence-corrected chi connectivity index (χ3v) is 3.58. The first-order chi connectivity index (χ1) is 8.45. The standard InChI is InChI=1S/C12H15ClF3NS/c1-2-18-7-3-6-17-11-5-4-9(8-10(11)13)12(14,15)16/h4-5,8,17H,2-3,6-7H2,1H3. The van der Waals surface area contributed by atoms with Crippen LogP contribution in [0.4, 0.5) is 18.9 Å². The van der Waals surface area contributed by atoms with Crippen LogP contribution in [0.1, 0.15) is 18.9 Å². The summed E-state index contributed by atoms with van der Waals surface area (Å²) in [4.78, 5) is 0. The molecule has 0 bridgehead atoms. The monoisotopic (exact) mass is 297 g/mol. The van der Waals surface area contributed by atoms with E-state index in [0.29, 0.717) is 12.2 Å². The number of hydrogen-bond donors (Lipinski definition) is 1. The van der Waals surface area contributed by atoms with Crippen LogP contribution in [0.25, 0.3) is 0 Å². The Hall–Kier alpha value is -0.550. The predicted molar refractivity (Wildman–Crippen MR) is 72.6 cm³/mol. The SMILES string of the molecule is CCSCCCNc1ccc(C(F)(F)F)cc1Cl. The van der Waals surface area contributed by atoms with E-state index in [4.69, 9.17) is 11.6 Å². The lowest BCUT2D eigenvalue weighted by molar-refractivity contribution is -0.137. The van der Waals surface area contributed by atoms with Gasteiger partial charge in [0.1, 0.15) is 0 Å². The minimum Gasteiger partial charge on any atom is -0.384 e. The number of thioether (sulfide) groups is 1. The molecule has 0 heterocycles. The van der Waals surface area contributed by atoms with Gasteiger partial charge in [0.25, 0.3) is 0 Å². The van der Waals surface area contributed by atoms with E-state index in [1.165, 1.54) is 6.07 Å². The first-order valence-corrected chi connectivity index (χ1v) is 7.16. The molecule has 18 heavy (non-hydrogen) atoms. The van der Waals surface area contributed by atoms with Crippen molar-refractivity contribution in [2.45, 2.75) is 19.5 Å². The smallest absolute Gasteiger partial charge is 0.384 e. The molecule has 0 saturated heterocycles. The molecule has 0 spiro atoms.